The van der Waals surface area contributed by atoms with Crippen molar-refractivity contribution < 1.29 is 4.74 Å². The van der Waals surface area contributed by atoms with Gasteiger partial charge >= 0.3 is 0 Å². The van der Waals surface area contributed by atoms with E-state index in [1.807, 2.05) is 0 Å². The van der Waals surface area contributed by atoms with E-state index in [1.54, 1.807) is 0 Å². The zero-order valence-electron chi connectivity index (χ0n) is 9.83. The molecule has 1 aliphatic carbocycles. The van der Waals surface area contributed by atoms with E-state index in [4.69, 9.17) is 11.3 Å². The molecule has 0 amide bonds. The predicted molar refractivity (Wildman–Crippen MR) is 60.4 cm³/mol. The summed E-state index contributed by atoms with van der Waals surface area (Å²) in [6.07, 6.45) is 5.32. The number of fused-ring (bicyclic) bond motifs is 1. The van der Waals surface area contributed by atoms with Gasteiger partial charge in [-0.25, -0.2) is 6.57 Å². The minimum absolute atomic E-state index is 0.371. The molecule has 1 saturated heterocycles. The van der Waals surface area contributed by atoms with Gasteiger partial charge in [0.2, 0.25) is 6.54 Å². The lowest BCUT2D eigenvalue weighted by molar-refractivity contribution is 0.0119. The molecule has 0 bridgehead atoms. The van der Waals surface area contributed by atoms with Gasteiger partial charge in [0.05, 0.1) is 6.10 Å². The fourth-order valence-corrected chi connectivity index (χ4v) is 3.23. The molecule has 4 unspecified atom stereocenters. The topological polar surface area (TPSA) is 13.6 Å². The van der Waals surface area contributed by atoms with Crippen LogP contribution >= 0.6 is 0 Å². The van der Waals surface area contributed by atoms with Crippen molar-refractivity contribution in [3.8, 4) is 0 Å². The lowest BCUT2D eigenvalue weighted by Crippen LogP contribution is -2.35. The maximum Gasteiger partial charge on any atom is 0.215 e. The van der Waals surface area contributed by atoms with Gasteiger partial charge in [0.1, 0.15) is 0 Å². The maximum absolute atomic E-state index is 6.88. The van der Waals surface area contributed by atoms with Gasteiger partial charge in [-0.05, 0) is 36.5 Å². The van der Waals surface area contributed by atoms with Crippen LogP contribution in [-0.4, -0.2) is 19.3 Å². The van der Waals surface area contributed by atoms with Crippen molar-refractivity contribution in [2.24, 2.45) is 17.3 Å². The molecule has 0 spiro atoms. The number of ether oxygens (including phenoxy) is 1. The molecule has 0 aromatic heterocycles. The molecule has 2 fully saturated rings. The average Bonchev–Trinajstić information content (AvgIpc) is 2.57. The summed E-state index contributed by atoms with van der Waals surface area (Å²) >= 11 is 0. The molecule has 0 aromatic rings. The van der Waals surface area contributed by atoms with Crippen molar-refractivity contribution in [3.63, 3.8) is 0 Å². The lowest BCUT2D eigenvalue weighted by atomic mass is 9.67. The Labute approximate surface area is 92.8 Å². The minimum atomic E-state index is 0.371. The molecule has 0 aromatic carbocycles. The minimum Gasteiger partial charge on any atom is -0.378 e. The van der Waals surface area contributed by atoms with Gasteiger partial charge in [0.25, 0.3) is 0 Å². The summed E-state index contributed by atoms with van der Waals surface area (Å²) in [5.41, 5.74) is 0.371. The van der Waals surface area contributed by atoms with Crippen molar-refractivity contribution >= 4 is 0 Å². The summed E-state index contributed by atoms with van der Waals surface area (Å²) in [6, 6.07) is 0. The Kier molecular flexibility index (Phi) is 3.02. The van der Waals surface area contributed by atoms with Crippen LogP contribution in [0.5, 0.6) is 0 Å². The fourth-order valence-electron chi connectivity index (χ4n) is 3.23. The first-order valence-corrected chi connectivity index (χ1v) is 6.09. The summed E-state index contributed by atoms with van der Waals surface area (Å²) in [7, 11) is 0. The Bertz CT molecular complexity index is 270. The summed E-state index contributed by atoms with van der Waals surface area (Å²) in [4.78, 5) is 3.48. The second-order valence-electron chi connectivity index (χ2n) is 5.70. The molecule has 0 N–H and O–H groups in total. The monoisotopic (exact) mass is 207 g/mol. The van der Waals surface area contributed by atoms with Gasteiger partial charge < -0.3 is 9.58 Å². The highest BCUT2D eigenvalue weighted by Crippen LogP contribution is 2.47. The molecular formula is C13H21NO. The maximum atomic E-state index is 6.88. The molecule has 2 nitrogen and oxygen atoms in total. The van der Waals surface area contributed by atoms with Gasteiger partial charge in [-0.3, -0.25) is 0 Å². The molecule has 1 saturated carbocycles. The first-order chi connectivity index (χ1) is 7.14. The van der Waals surface area contributed by atoms with Crippen LogP contribution < -0.4 is 0 Å². The summed E-state index contributed by atoms with van der Waals surface area (Å²) in [5.74, 6) is 1.55. The fraction of sp³-hybridized carbons (Fsp3) is 0.923. The third kappa shape index (κ3) is 2.18. The third-order valence-electron chi connectivity index (χ3n) is 4.38. The quantitative estimate of drug-likeness (QED) is 0.634. The van der Waals surface area contributed by atoms with E-state index in [0.29, 0.717) is 18.1 Å². The van der Waals surface area contributed by atoms with Gasteiger partial charge in [-0.1, -0.05) is 13.8 Å². The van der Waals surface area contributed by atoms with Crippen LogP contribution in [0, 0.1) is 23.8 Å². The van der Waals surface area contributed by atoms with E-state index in [9.17, 15) is 0 Å². The van der Waals surface area contributed by atoms with Gasteiger partial charge in [-0.15, -0.1) is 0 Å². The van der Waals surface area contributed by atoms with Crippen molar-refractivity contribution in [2.45, 2.75) is 45.6 Å². The van der Waals surface area contributed by atoms with Crippen LogP contribution in [0.2, 0.25) is 0 Å². The van der Waals surface area contributed by atoms with Crippen molar-refractivity contribution in [2.75, 3.05) is 13.2 Å². The number of hydrogen-bond acceptors (Lipinski definition) is 1. The molecular weight excluding hydrogens is 186 g/mol. The highest BCUT2D eigenvalue weighted by molar-refractivity contribution is 4.93. The zero-order chi connectivity index (χ0) is 10.9. The molecule has 0 radical (unpaired) electrons. The van der Waals surface area contributed by atoms with E-state index in [0.717, 1.165) is 24.9 Å². The Morgan fingerprint density at radius 3 is 3.07 bits per heavy atom. The number of nitrogens with zero attached hydrogens (tertiary/aromatic N) is 1. The highest BCUT2D eigenvalue weighted by Gasteiger charge is 2.43. The van der Waals surface area contributed by atoms with E-state index in [2.05, 4.69) is 18.7 Å². The standard InChI is InChI=1S/C13H21NO/c1-10-9-15-12-8-13(2,6-7-14-3)5-4-11(10)12/h10-12H,4-9H2,1-2H3. The number of rotatable bonds is 2. The second-order valence-corrected chi connectivity index (χ2v) is 5.70. The lowest BCUT2D eigenvalue weighted by Gasteiger charge is -2.39. The summed E-state index contributed by atoms with van der Waals surface area (Å²) in [6.45, 7) is 13.2. The van der Waals surface area contributed by atoms with Crippen molar-refractivity contribution in [1.82, 2.24) is 0 Å². The number of hydrogen-bond donors (Lipinski definition) is 0. The van der Waals surface area contributed by atoms with Crippen LogP contribution in [0.1, 0.15) is 39.5 Å². The summed E-state index contributed by atoms with van der Waals surface area (Å²) < 4.78 is 5.87. The first-order valence-electron chi connectivity index (χ1n) is 6.09. The molecule has 1 aliphatic heterocycles. The van der Waals surface area contributed by atoms with Crippen LogP contribution in [0.4, 0.5) is 0 Å². The van der Waals surface area contributed by atoms with E-state index in [-0.39, 0.29) is 0 Å². The van der Waals surface area contributed by atoms with Gasteiger partial charge in [0.15, 0.2) is 0 Å². The first kappa shape index (κ1) is 11.0. The van der Waals surface area contributed by atoms with Crippen LogP contribution in [-0.2, 0) is 4.74 Å². The zero-order valence-corrected chi connectivity index (χ0v) is 9.83. The van der Waals surface area contributed by atoms with Crippen LogP contribution in [0.25, 0.3) is 4.85 Å². The largest absolute Gasteiger partial charge is 0.378 e. The second kappa shape index (κ2) is 4.14. The van der Waals surface area contributed by atoms with Crippen LogP contribution in [0.15, 0.2) is 0 Å². The normalized spacial score (nSPS) is 44.7. The van der Waals surface area contributed by atoms with Crippen molar-refractivity contribution in [3.05, 3.63) is 11.4 Å². The van der Waals surface area contributed by atoms with Crippen molar-refractivity contribution in [1.29, 1.82) is 0 Å². The third-order valence-corrected chi connectivity index (χ3v) is 4.38. The van der Waals surface area contributed by atoms with Gasteiger partial charge in [-0.2, -0.15) is 0 Å². The molecule has 84 valence electrons. The molecule has 15 heavy (non-hydrogen) atoms. The highest BCUT2D eigenvalue weighted by atomic mass is 16.5. The molecule has 4 atom stereocenters. The molecule has 2 heteroatoms. The Morgan fingerprint density at radius 1 is 1.53 bits per heavy atom. The molecule has 2 rings (SSSR count). The summed E-state index contributed by atoms with van der Waals surface area (Å²) in [5, 5.41) is 0. The Morgan fingerprint density at radius 2 is 2.33 bits per heavy atom. The van der Waals surface area contributed by atoms with E-state index >= 15 is 0 Å². The smallest absolute Gasteiger partial charge is 0.215 e. The van der Waals surface area contributed by atoms with Gasteiger partial charge in [0, 0.05) is 13.0 Å². The molecule has 2 aliphatic rings. The molecule has 1 heterocycles. The average molecular weight is 207 g/mol. The Balaban J connectivity index is 1.95. The van der Waals surface area contributed by atoms with Crippen LogP contribution in [0.3, 0.4) is 0 Å². The van der Waals surface area contributed by atoms with E-state index < -0.39 is 0 Å². The van der Waals surface area contributed by atoms with E-state index in [1.165, 1.54) is 19.3 Å². The Hall–Kier alpha value is -0.550. The predicted octanol–water partition coefficient (Wildman–Crippen LogP) is 3.14. The SMILES string of the molecule is [C-]#[N+]CCC1(C)CCC2C(C)COC2C1.